The van der Waals surface area contributed by atoms with E-state index in [0.29, 0.717) is 13.0 Å². The standard InChI is InChI=1S/C14H21ClFNO/c1-4-17-13(10(3)18-5-2)9-11-7-6-8-12(16)14(11)15/h6-8,10,13,17H,4-5,9H2,1-3H3. The topological polar surface area (TPSA) is 21.3 Å². The Balaban J connectivity index is 2.79. The maximum Gasteiger partial charge on any atom is 0.142 e. The van der Waals surface area contributed by atoms with Crippen molar-refractivity contribution in [2.75, 3.05) is 13.2 Å². The van der Waals surface area contributed by atoms with Gasteiger partial charge in [-0.3, -0.25) is 0 Å². The van der Waals surface area contributed by atoms with Gasteiger partial charge in [0.25, 0.3) is 0 Å². The number of nitrogens with one attached hydrogen (secondary N) is 1. The third kappa shape index (κ3) is 4.23. The molecule has 0 fully saturated rings. The Bertz CT molecular complexity index is 373. The van der Waals surface area contributed by atoms with Gasteiger partial charge in [-0.05, 0) is 38.4 Å². The molecule has 1 aromatic rings. The minimum atomic E-state index is -0.367. The van der Waals surface area contributed by atoms with Gasteiger partial charge < -0.3 is 10.1 Å². The second-order valence-electron chi connectivity index (χ2n) is 4.24. The number of hydrogen-bond donors (Lipinski definition) is 1. The molecule has 0 radical (unpaired) electrons. The Kier molecular flexibility index (Phi) is 6.61. The molecule has 4 heteroatoms. The lowest BCUT2D eigenvalue weighted by Crippen LogP contribution is -2.41. The molecule has 0 saturated carbocycles. The van der Waals surface area contributed by atoms with E-state index >= 15 is 0 Å². The van der Waals surface area contributed by atoms with Crippen LogP contribution in [-0.2, 0) is 11.2 Å². The molecule has 0 aromatic heterocycles. The smallest absolute Gasteiger partial charge is 0.142 e. The summed E-state index contributed by atoms with van der Waals surface area (Å²) in [5, 5.41) is 3.57. The van der Waals surface area contributed by atoms with Crippen molar-refractivity contribution in [1.29, 1.82) is 0 Å². The first-order valence-electron chi connectivity index (χ1n) is 6.38. The Morgan fingerprint density at radius 3 is 2.72 bits per heavy atom. The van der Waals surface area contributed by atoms with Gasteiger partial charge in [-0.2, -0.15) is 0 Å². The highest BCUT2D eigenvalue weighted by atomic mass is 35.5. The molecule has 0 aliphatic heterocycles. The van der Waals surface area contributed by atoms with E-state index in [9.17, 15) is 4.39 Å². The van der Waals surface area contributed by atoms with Gasteiger partial charge in [-0.1, -0.05) is 30.7 Å². The molecule has 0 aliphatic rings. The molecule has 0 spiro atoms. The van der Waals surface area contributed by atoms with Crippen LogP contribution in [0.5, 0.6) is 0 Å². The van der Waals surface area contributed by atoms with Crippen LogP contribution in [-0.4, -0.2) is 25.3 Å². The van der Waals surface area contributed by atoms with E-state index in [1.54, 1.807) is 6.07 Å². The first-order chi connectivity index (χ1) is 8.60. The van der Waals surface area contributed by atoms with E-state index in [1.165, 1.54) is 6.07 Å². The van der Waals surface area contributed by atoms with Crippen molar-refractivity contribution < 1.29 is 9.13 Å². The van der Waals surface area contributed by atoms with Crippen molar-refractivity contribution in [3.05, 3.63) is 34.6 Å². The minimum Gasteiger partial charge on any atom is -0.377 e. The zero-order valence-electron chi connectivity index (χ0n) is 11.2. The van der Waals surface area contributed by atoms with Gasteiger partial charge in [0.1, 0.15) is 5.82 Å². The zero-order valence-corrected chi connectivity index (χ0v) is 11.9. The molecule has 0 aliphatic carbocycles. The van der Waals surface area contributed by atoms with Crippen LogP contribution in [0, 0.1) is 5.82 Å². The van der Waals surface area contributed by atoms with Crippen LogP contribution in [0.4, 0.5) is 4.39 Å². The van der Waals surface area contributed by atoms with Crippen LogP contribution in [0.15, 0.2) is 18.2 Å². The quantitative estimate of drug-likeness (QED) is 0.822. The summed E-state index contributed by atoms with van der Waals surface area (Å²) in [6, 6.07) is 5.05. The normalized spacial score (nSPS) is 14.5. The van der Waals surface area contributed by atoms with Crippen LogP contribution in [0.25, 0.3) is 0 Å². The molecule has 0 bridgehead atoms. The summed E-state index contributed by atoms with van der Waals surface area (Å²) in [4.78, 5) is 0. The number of hydrogen-bond acceptors (Lipinski definition) is 2. The third-order valence-electron chi connectivity index (χ3n) is 2.93. The fourth-order valence-electron chi connectivity index (χ4n) is 1.99. The molecule has 18 heavy (non-hydrogen) atoms. The molecule has 0 heterocycles. The van der Waals surface area contributed by atoms with E-state index < -0.39 is 0 Å². The van der Waals surface area contributed by atoms with Gasteiger partial charge in [0.05, 0.1) is 11.1 Å². The fourth-order valence-corrected chi connectivity index (χ4v) is 2.19. The van der Waals surface area contributed by atoms with Crippen molar-refractivity contribution >= 4 is 11.6 Å². The molecular formula is C14H21ClFNO. The number of rotatable bonds is 7. The molecule has 102 valence electrons. The number of halogens is 2. The molecular weight excluding hydrogens is 253 g/mol. The van der Waals surface area contributed by atoms with Crippen LogP contribution >= 0.6 is 11.6 Å². The number of benzene rings is 1. The monoisotopic (exact) mass is 273 g/mol. The van der Waals surface area contributed by atoms with E-state index in [4.69, 9.17) is 16.3 Å². The number of likely N-dealkylation sites (N-methyl/N-ethyl adjacent to an activating group) is 1. The van der Waals surface area contributed by atoms with Crippen LogP contribution in [0.2, 0.25) is 5.02 Å². The van der Waals surface area contributed by atoms with Crippen molar-refractivity contribution in [3.63, 3.8) is 0 Å². The molecule has 1 N–H and O–H groups in total. The van der Waals surface area contributed by atoms with Crippen molar-refractivity contribution in [2.45, 2.75) is 39.3 Å². The average Bonchev–Trinajstić information content (AvgIpc) is 2.34. The Hall–Kier alpha value is -0.640. The van der Waals surface area contributed by atoms with E-state index in [0.717, 1.165) is 12.1 Å². The highest BCUT2D eigenvalue weighted by Crippen LogP contribution is 2.22. The Morgan fingerprint density at radius 2 is 2.11 bits per heavy atom. The minimum absolute atomic E-state index is 0.0642. The lowest BCUT2D eigenvalue weighted by molar-refractivity contribution is 0.0480. The Morgan fingerprint density at radius 1 is 1.39 bits per heavy atom. The predicted molar refractivity (Wildman–Crippen MR) is 73.7 cm³/mol. The van der Waals surface area contributed by atoms with Crippen LogP contribution < -0.4 is 5.32 Å². The zero-order chi connectivity index (χ0) is 13.5. The lowest BCUT2D eigenvalue weighted by atomic mass is 10.0. The summed E-state index contributed by atoms with van der Waals surface area (Å²) < 4.78 is 19.0. The third-order valence-corrected chi connectivity index (χ3v) is 3.36. The summed E-state index contributed by atoms with van der Waals surface area (Å²) in [6.07, 6.45) is 0.722. The summed E-state index contributed by atoms with van der Waals surface area (Å²) in [6.45, 7) is 7.53. The maximum absolute atomic E-state index is 13.4. The first-order valence-corrected chi connectivity index (χ1v) is 6.75. The Labute approximate surface area is 113 Å². The van der Waals surface area contributed by atoms with Gasteiger partial charge in [-0.25, -0.2) is 4.39 Å². The molecule has 0 amide bonds. The van der Waals surface area contributed by atoms with Gasteiger partial charge in [0.15, 0.2) is 0 Å². The molecule has 2 atom stereocenters. The maximum atomic E-state index is 13.4. The fraction of sp³-hybridized carbons (Fsp3) is 0.571. The van der Waals surface area contributed by atoms with E-state index in [1.807, 2.05) is 26.8 Å². The van der Waals surface area contributed by atoms with Crippen molar-refractivity contribution in [3.8, 4) is 0 Å². The van der Waals surface area contributed by atoms with Crippen LogP contribution in [0.1, 0.15) is 26.3 Å². The predicted octanol–water partition coefficient (Wildman–Crippen LogP) is 3.42. The highest BCUT2D eigenvalue weighted by Gasteiger charge is 2.19. The van der Waals surface area contributed by atoms with Crippen molar-refractivity contribution in [1.82, 2.24) is 5.32 Å². The molecule has 0 saturated heterocycles. The van der Waals surface area contributed by atoms with E-state index in [2.05, 4.69) is 5.32 Å². The lowest BCUT2D eigenvalue weighted by Gasteiger charge is -2.25. The van der Waals surface area contributed by atoms with Gasteiger partial charge in [0.2, 0.25) is 0 Å². The van der Waals surface area contributed by atoms with Crippen LogP contribution in [0.3, 0.4) is 0 Å². The van der Waals surface area contributed by atoms with Gasteiger partial charge in [0, 0.05) is 12.6 Å². The van der Waals surface area contributed by atoms with Gasteiger partial charge >= 0.3 is 0 Å². The summed E-state index contributed by atoms with van der Waals surface area (Å²) in [5.74, 6) is -0.367. The molecule has 1 aromatic carbocycles. The average molecular weight is 274 g/mol. The first kappa shape index (κ1) is 15.4. The molecule has 2 unspecified atom stereocenters. The highest BCUT2D eigenvalue weighted by molar-refractivity contribution is 6.31. The number of ether oxygens (including phenoxy) is 1. The van der Waals surface area contributed by atoms with E-state index in [-0.39, 0.29) is 23.0 Å². The summed E-state index contributed by atoms with van der Waals surface area (Å²) in [5.41, 5.74) is 0.814. The van der Waals surface area contributed by atoms with Gasteiger partial charge in [-0.15, -0.1) is 0 Å². The second kappa shape index (κ2) is 7.72. The second-order valence-corrected chi connectivity index (χ2v) is 4.62. The molecule has 1 rings (SSSR count). The summed E-state index contributed by atoms with van der Waals surface area (Å²) in [7, 11) is 0. The SMILES string of the molecule is CCNC(Cc1cccc(F)c1Cl)C(C)OCC. The van der Waals surface area contributed by atoms with Crippen molar-refractivity contribution in [2.24, 2.45) is 0 Å². The molecule has 2 nitrogen and oxygen atoms in total. The summed E-state index contributed by atoms with van der Waals surface area (Å²) >= 11 is 5.98. The largest absolute Gasteiger partial charge is 0.377 e.